The van der Waals surface area contributed by atoms with E-state index in [1.165, 1.54) is 11.1 Å². The Morgan fingerprint density at radius 3 is 3.00 bits per heavy atom. The Balaban J connectivity index is 1.63. The Hall–Kier alpha value is -0.900. The molecule has 0 bridgehead atoms. The molecule has 2 N–H and O–H groups in total. The fraction of sp³-hybridized carbons (Fsp3) is 0.500. The maximum absolute atomic E-state index is 5.14. The summed E-state index contributed by atoms with van der Waals surface area (Å²) in [5.74, 6) is 0. The third-order valence-electron chi connectivity index (χ3n) is 3.22. The van der Waals surface area contributed by atoms with E-state index in [1.807, 2.05) is 0 Å². The van der Waals surface area contributed by atoms with E-state index in [9.17, 15) is 0 Å². The molecule has 3 rings (SSSR count). The number of hydrogen-bond acceptors (Lipinski definition) is 3. The lowest BCUT2D eigenvalue weighted by Gasteiger charge is -2.28. The van der Waals surface area contributed by atoms with Crippen molar-refractivity contribution < 1.29 is 4.74 Å². The van der Waals surface area contributed by atoms with Crippen LogP contribution in [0.4, 0.5) is 0 Å². The fourth-order valence-corrected chi connectivity index (χ4v) is 2.20. The van der Waals surface area contributed by atoms with Crippen molar-refractivity contribution in [1.82, 2.24) is 10.6 Å². The zero-order chi connectivity index (χ0) is 10.1. The van der Waals surface area contributed by atoms with Gasteiger partial charge in [-0.2, -0.15) is 0 Å². The maximum atomic E-state index is 5.14. The highest BCUT2D eigenvalue weighted by Crippen LogP contribution is 2.24. The molecule has 0 spiro atoms. The first kappa shape index (κ1) is 9.33. The fourth-order valence-electron chi connectivity index (χ4n) is 2.20. The van der Waals surface area contributed by atoms with Gasteiger partial charge in [0.2, 0.25) is 0 Å². The van der Waals surface area contributed by atoms with Crippen molar-refractivity contribution >= 4 is 0 Å². The van der Waals surface area contributed by atoms with Crippen LogP contribution < -0.4 is 10.6 Å². The lowest BCUT2D eigenvalue weighted by Crippen LogP contribution is -2.48. The number of nitrogens with one attached hydrogen (secondary N) is 2. The Kier molecular flexibility index (Phi) is 2.44. The summed E-state index contributed by atoms with van der Waals surface area (Å²) in [7, 11) is 0. The van der Waals surface area contributed by atoms with Gasteiger partial charge in [-0.1, -0.05) is 24.3 Å². The highest BCUT2D eigenvalue weighted by molar-refractivity contribution is 5.33. The van der Waals surface area contributed by atoms with Crippen LogP contribution in [0, 0.1) is 0 Å². The van der Waals surface area contributed by atoms with Gasteiger partial charge >= 0.3 is 0 Å². The molecular weight excluding hydrogens is 188 g/mol. The highest BCUT2D eigenvalue weighted by Gasteiger charge is 2.23. The molecule has 1 saturated heterocycles. The van der Waals surface area contributed by atoms with E-state index in [1.54, 1.807) is 0 Å². The average molecular weight is 204 g/mol. The van der Waals surface area contributed by atoms with Gasteiger partial charge in [0.15, 0.2) is 0 Å². The summed E-state index contributed by atoms with van der Waals surface area (Å²) in [5.41, 5.74) is 2.89. The van der Waals surface area contributed by atoms with Gasteiger partial charge in [0, 0.05) is 19.1 Å². The molecule has 2 aliphatic rings. The van der Waals surface area contributed by atoms with Gasteiger partial charge in [-0.05, 0) is 11.1 Å². The molecule has 15 heavy (non-hydrogen) atoms. The lowest BCUT2D eigenvalue weighted by atomic mass is 10.0. The number of benzene rings is 1. The van der Waals surface area contributed by atoms with Crippen LogP contribution in [0.15, 0.2) is 24.3 Å². The van der Waals surface area contributed by atoms with Crippen molar-refractivity contribution in [1.29, 1.82) is 0 Å². The second kappa shape index (κ2) is 3.93. The monoisotopic (exact) mass is 204 g/mol. The standard InChI is InChI=1S/C12H16N2O/c1-2-4-11-9(3-1)5-14-12(11)6-13-10-7-15-8-10/h1-4,10,12-14H,5-8H2. The van der Waals surface area contributed by atoms with Gasteiger partial charge in [0.25, 0.3) is 0 Å². The van der Waals surface area contributed by atoms with Crippen LogP contribution in [-0.4, -0.2) is 25.8 Å². The second-order valence-corrected chi connectivity index (χ2v) is 4.27. The largest absolute Gasteiger partial charge is 0.378 e. The Morgan fingerprint density at radius 1 is 1.33 bits per heavy atom. The first-order valence-corrected chi connectivity index (χ1v) is 5.56. The van der Waals surface area contributed by atoms with Crippen LogP contribution in [0.3, 0.4) is 0 Å². The van der Waals surface area contributed by atoms with Gasteiger partial charge in [0.05, 0.1) is 19.3 Å². The van der Waals surface area contributed by atoms with Crippen LogP contribution in [0.1, 0.15) is 17.2 Å². The van der Waals surface area contributed by atoms with Crippen molar-refractivity contribution in [2.24, 2.45) is 0 Å². The predicted molar refractivity (Wildman–Crippen MR) is 58.6 cm³/mol. The third-order valence-corrected chi connectivity index (χ3v) is 3.22. The Morgan fingerprint density at radius 2 is 2.20 bits per heavy atom. The number of ether oxygens (including phenoxy) is 1. The first-order chi connectivity index (χ1) is 7.43. The molecule has 80 valence electrons. The van der Waals surface area contributed by atoms with Gasteiger partial charge < -0.3 is 15.4 Å². The molecule has 0 saturated carbocycles. The number of hydrogen-bond donors (Lipinski definition) is 2. The molecule has 1 atom stereocenters. The lowest BCUT2D eigenvalue weighted by molar-refractivity contribution is -0.00570. The molecule has 0 amide bonds. The van der Waals surface area contributed by atoms with Crippen molar-refractivity contribution in [3.63, 3.8) is 0 Å². The molecule has 1 fully saturated rings. The zero-order valence-electron chi connectivity index (χ0n) is 8.70. The molecule has 1 unspecified atom stereocenters. The zero-order valence-corrected chi connectivity index (χ0v) is 8.70. The van der Waals surface area contributed by atoms with Crippen LogP contribution >= 0.6 is 0 Å². The summed E-state index contributed by atoms with van der Waals surface area (Å²) in [6.07, 6.45) is 0. The minimum Gasteiger partial charge on any atom is -0.378 e. The van der Waals surface area contributed by atoms with E-state index in [2.05, 4.69) is 34.9 Å². The molecule has 3 heteroatoms. The second-order valence-electron chi connectivity index (χ2n) is 4.27. The summed E-state index contributed by atoms with van der Waals surface area (Å²) < 4.78 is 5.14. The quantitative estimate of drug-likeness (QED) is 0.764. The molecule has 3 nitrogen and oxygen atoms in total. The maximum Gasteiger partial charge on any atom is 0.0643 e. The summed E-state index contributed by atoms with van der Waals surface area (Å²) in [5, 5.41) is 7.04. The van der Waals surface area contributed by atoms with E-state index in [4.69, 9.17) is 4.74 Å². The number of rotatable bonds is 3. The van der Waals surface area contributed by atoms with Crippen molar-refractivity contribution in [2.75, 3.05) is 19.8 Å². The van der Waals surface area contributed by atoms with Crippen LogP contribution in [-0.2, 0) is 11.3 Å². The van der Waals surface area contributed by atoms with E-state index in [-0.39, 0.29) is 0 Å². The van der Waals surface area contributed by atoms with E-state index in [0.29, 0.717) is 12.1 Å². The van der Waals surface area contributed by atoms with E-state index < -0.39 is 0 Å². The third kappa shape index (κ3) is 1.78. The normalized spacial score (nSPS) is 24.9. The summed E-state index contributed by atoms with van der Waals surface area (Å²) in [6.45, 7) is 3.75. The summed E-state index contributed by atoms with van der Waals surface area (Å²) >= 11 is 0. The molecular formula is C12H16N2O. The summed E-state index contributed by atoms with van der Waals surface area (Å²) in [6, 6.07) is 9.69. The Bertz CT molecular complexity index is 349. The average Bonchev–Trinajstić information content (AvgIpc) is 2.60. The van der Waals surface area contributed by atoms with Gasteiger partial charge in [-0.15, -0.1) is 0 Å². The molecule has 1 aromatic rings. The van der Waals surface area contributed by atoms with Crippen LogP contribution in [0.25, 0.3) is 0 Å². The molecule has 1 aromatic carbocycles. The topological polar surface area (TPSA) is 33.3 Å². The minimum atomic E-state index is 0.474. The molecule has 2 aliphatic heterocycles. The van der Waals surface area contributed by atoms with Gasteiger partial charge in [0.1, 0.15) is 0 Å². The van der Waals surface area contributed by atoms with Crippen LogP contribution in [0.5, 0.6) is 0 Å². The smallest absolute Gasteiger partial charge is 0.0643 e. The van der Waals surface area contributed by atoms with Gasteiger partial charge in [-0.25, -0.2) is 0 Å². The molecule has 0 aromatic heterocycles. The van der Waals surface area contributed by atoms with E-state index >= 15 is 0 Å². The SMILES string of the molecule is c1ccc2c(c1)CNC2CNC1COC1. The van der Waals surface area contributed by atoms with Crippen LogP contribution in [0.2, 0.25) is 0 Å². The minimum absolute atomic E-state index is 0.474. The molecule has 2 heterocycles. The molecule has 0 radical (unpaired) electrons. The van der Waals surface area contributed by atoms with Gasteiger partial charge in [-0.3, -0.25) is 0 Å². The van der Waals surface area contributed by atoms with E-state index in [0.717, 1.165) is 26.3 Å². The summed E-state index contributed by atoms with van der Waals surface area (Å²) in [4.78, 5) is 0. The Labute approximate surface area is 89.8 Å². The number of fused-ring (bicyclic) bond motifs is 1. The first-order valence-electron chi connectivity index (χ1n) is 5.56. The molecule has 0 aliphatic carbocycles. The predicted octanol–water partition coefficient (Wildman–Crippen LogP) is 0.819. The van der Waals surface area contributed by atoms with Crippen molar-refractivity contribution in [3.05, 3.63) is 35.4 Å². The van der Waals surface area contributed by atoms with Crippen molar-refractivity contribution in [3.8, 4) is 0 Å². The highest BCUT2D eigenvalue weighted by atomic mass is 16.5. The van der Waals surface area contributed by atoms with Crippen molar-refractivity contribution in [2.45, 2.75) is 18.6 Å².